The minimum absolute atomic E-state index is 0.0542. The van der Waals surface area contributed by atoms with Crippen molar-refractivity contribution in [2.75, 3.05) is 0 Å². The lowest BCUT2D eigenvalue weighted by Gasteiger charge is -2.20. The first-order valence-electron chi connectivity index (χ1n) is 19.4. The second-order valence-corrected chi connectivity index (χ2v) is 15.5. The SMILES string of the molecule is CC(C)(C)c1ccnc(-n2c3cc(Oc4cccc(-n5[c-][n+](-c6ccccc6)c6ccccc65)c4)ccc3c3cc(-c4ccccc4)cc(-c4ccccc4)c32)c1. The topological polar surface area (TPSA) is 35.9 Å². The van der Waals surface area contributed by atoms with Crippen LogP contribution in [0.5, 0.6) is 11.5 Å². The van der Waals surface area contributed by atoms with E-state index in [2.05, 4.69) is 205 Å². The van der Waals surface area contributed by atoms with E-state index < -0.39 is 0 Å². The number of pyridine rings is 1. The number of fused-ring (bicyclic) bond motifs is 4. The molecule has 10 rings (SSSR count). The highest BCUT2D eigenvalue weighted by Crippen LogP contribution is 2.42. The van der Waals surface area contributed by atoms with Crippen molar-refractivity contribution in [3.05, 3.63) is 200 Å². The molecule has 0 aliphatic rings. The summed E-state index contributed by atoms with van der Waals surface area (Å²) in [5.41, 5.74) is 12.1. The van der Waals surface area contributed by atoms with Crippen molar-refractivity contribution in [2.24, 2.45) is 0 Å². The van der Waals surface area contributed by atoms with Crippen LogP contribution in [0.1, 0.15) is 26.3 Å². The van der Waals surface area contributed by atoms with Gasteiger partial charge in [0.2, 0.25) is 0 Å². The Balaban J connectivity index is 1.15. The molecule has 5 heteroatoms. The van der Waals surface area contributed by atoms with E-state index in [9.17, 15) is 0 Å². The standard InChI is InChI=1S/C52H40N4O/c1-52(2,3)39-28-29-53-50(32-39)56-49-34-43(26-27-44(49)46-31-38(36-16-7-4-8-17-36)30-45(51(46)56)37-18-9-5-10-19-37)57-42-23-15-22-41(33-42)55-35-54(40-20-11-6-12-21-40)47-24-13-14-25-48(47)55/h4-34H,1-3H3. The van der Waals surface area contributed by atoms with Crippen LogP contribution < -0.4 is 9.30 Å². The third-order valence-corrected chi connectivity index (χ3v) is 10.8. The monoisotopic (exact) mass is 736 g/mol. The summed E-state index contributed by atoms with van der Waals surface area (Å²) in [6.07, 6.45) is 5.53. The number of rotatable bonds is 7. The molecule has 0 aliphatic carbocycles. The van der Waals surface area contributed by atoms with Crippen LogP contribution in [-0.4, -0.2) is 14.1 Å². The summed E-state index contributed by atoms with van der Waals surface area (Å²) >= 11 is 0. The van der Waals surface area contributed by atoms with E-state index in [4.69, 9.17) is 9.72 Å². The molecule has 0 aliphatic heterocycles. The van der Waals surface area contributed by atoms with Crippen molar-refractivity contribution in [2.45, 2.75) is 26.2 Å². The molecule has 0 atom stereocenters. The second-order valence-electron chi connectivity index (χ2n) is 15.5. The molecule has 274 valence electrons. The maximum Gasteiger partial charge on any atom is 0.269 e. The molecule has 0 amide bonds. The maximum atomic E-state index is 6.76. The predicted octanol–water partition coefficient (Wildman–Crippen LogP) is 12.6. The zero-order chi connectivity index (χ0) is 38.5. The fraction of sp³-hybridized carbons (Fsp3) is 0.0769. The highest BCUT2D eigenvalue weighted by molar-refractivity contribution is 6.15. The summed E-state index contributed by atoms with van der Waals surface area (Å²) in [6, 6.07) is 63.7. The number of hydrogen-bond donors (Lipinski definition) is 0. The van der Waals surface area contributed by atoms with Gasteiger partial charge in [0.05, 0.1) is 33.4 Å². The predicted molar refractivity (Wildman–Crippen MR) is 232 cm³/mol. The van der Waals surface area contributed by atoms with Crippen molar-refractivity contribution in [3.63, 3.8) is 0 Å². The van der Waals surface area contributed by atoms with Gasteiger partial charge < -0.3 is 4.74 Å². The number of para-hydroxylation sites is 3. The van der Waals surface area contributed by atoms with Gasteiger partial charge in [0.1, 0.15) is 17.3 Å². The summed E-state index contributed by atoms with van der Waals surface area (Å²) < 4.78 is 13.3. The molecule has 0 radical (unpaired) electrons. The van der Waals surface area contributed by atoms with E-state index in [1.807, 2.05) is 24.4 Å². The Bertz CT molecular complexity index is 3070. The number of aromatic nitrogens is 4. The summed E-state index contributed by atoms with van der Waals surface area (Å²) in [6.45, 7) is 6.74. The lowest BCUT2D eigenvalue weighted by molar-refractivity contribution is -0.572. The van der Waals surface area contributed by atoms with Crippen LogP contribution in [0.3, 0.4) is 0 Å². The average molecular weight is 737 g/mol. The molecule has 0 fully saturated rings. The Kier molecular flexibility index (Phi) is 8.30. The lowest BCUT2D eigenvalue weighted by atomic mass is 9.88. The van der Waals surface area contributed by atoms with Crippen LogP contribution in [0.4, 0.5) is 0 Å². The van der Waals surface area contributed by atoms with E-state index in [1.54, 1.807) is 0 Å². The van der Waals surface area contributed by atoms with Crippen molar-refractivity contribution in [3.8, 4) is 50.9 Å². The molecule has 7 aromatic carbocycles. The third kappa shape index (κ3) is 6.24. The first kappa shape index (κ1) is 34.3. The van der Waals surface area contributed by atoms with Crippen LogP contribution >= 0.6 is 0 Å². The first-order chi connectivity index (χ1) is 27.9. The van der Waals surface area contributed by atoms with Gasteiger partial charge in [0.25, 0.3) is 6.33 Å². The van der Waals surface area contributed by atoms with Gasteiger partial charge in [-0.25, -0.2) is 4.98 Å². The van der Waals surface area contributed by atoms with Gasteiger partial charge in [-0.1, -0.05) is 130 Å². The van der Waals surface area contributed by atoms with Crippen LogP contribution in [0.15, 0.2) is 188 Å². The number of benzene rings is 7. The maximum absolute atomic E-state index is 6.76. The smallest absolute Gasteiger partial charge is 0.269 e. The number of ether oxygens (including phenoxy) is 1. The zero-order valence-electron chi connectivity index (χ0n) is 32.1. The van der Waals surface area contributed by atoms with Crippen molar-refractivity contribution >= 4 is 32.8 Å². The molecule has 3 heterocycles. The molecular weight excluding hydrogens is 697 g/mol. The fourth-order valence-corrected chi connectivity index (χ4v) is 7.91. The molecule has 57 heavy (non-hydrogen) atoms. The van der Waals surface area contributed by atoms with Crippen molar-refractivity contribution < 1.29 is 9.30 Å². The molecule has 0 saturated heterocycles. The third-order valence-electron chi connectivity index (χ3n) is 10.8. The normalized spacial score (nSPS) is 11.8. The lowest BCUT2D eigenvalue weighted by Crippen LogP contribution is -2.29. The van der Waals surface area contributed by atoms with E-state index in [-0.39, 0.29) is 5.41 Å². The fourth-order valence-electron chi connectivity index (χ4n) is 7.91. The van der Waals surface area contributed by atoms with Crippen LogP contribution in [-0.2, 0) is 5.41 Å². The Morgan fingerprint density at radius 1 is 0.561 bits per heavy atom. The van der Waals surface area contributed by atoms with Crippen LogP contribution in [0.25, 0.3) is 72.3 Å². The van der Waals surface area contributed by atoms with Crippen molar-refractivity contribution in [1.82, 2.24) is 14.1 Å². The highest BCUT2D eigenvalue weighted by atomic mass is 16.5. The Labute approximate surface area is 332 Å². The van der Waals surface area contributed by atoms with Crippen LogP contribution in [0.2, 0.25) is 0 Å². The summed E-state index contributed by atoms with van der Waals surface area (Å²) in [4.78, 5) is 5.03. The summed E-state index contributed by atoms with van der Waals surface area (Å²) in [7, 11) is 0. The average Bonchev–Trinajstić information content (AvgIpc) is 3.80. The quantitative estimate of drug-likeness (QED) is 0.121. The summed E-state index contributed by atoms with van der Waals surface area (Å²) in [5.74, 6) is 2.34. The Morgan fingerprint density at radius 2 is 1.26 bits per heavy atom. The van der Waals surface area contributed by atoms with E-state index in [0.717, 1.165) is 78.2 Å². The van der Waals surface area contributed by atoms with Gasteiger partial charge in [0.15, 0.2) is 0 Å². The second kappa shape index (κ2) is 13.8. The van der Waals surface area contributed by atoms with Crippen LogP contribution in [0, 0.1) is 6.33 Å². The zero-order valence-corrected chi connectivity index (χ0v) is 32.1. The molecule has 10 aromatic rings. The number of imidazole rings is 1. The van der Waals surface area contributed by atoms with E-state index in [0.29, 0.717) is 0 Å². The first-order valence-corrected chi connectivity index (χ1v) is 19.4. The number of hydrogen-bond acceptors (Lipinski definition) is 2. The van der Waals surface area contributed by atoms with Gasteiger partial charge >= 0.3 is 0 Å². The van der Waals surface area contributed by atoms with Gasteiger partial charge in [-0.05, 0) is 94.4 Å². The molecule has 0 unspecified atom stereocenters. The Hall–Kier alpha value is -7.24. The molecule has 0 N–H and O–H groups in total. The summed E-state index contributed by atoms with van der Waals surface area (Å²) in [5, 5.41) is 2.28. The van der Waals surface area contributed by atoms with E-state index in [1.165, 1.54) is 11.1 Å². The highest BCUT2D eigenvalue weighted by Gasteiger charge is 2.22. The van der Waals surface area contributed by atoms with Gasteiger partial charge in [-0.2, -0.15) is 0 Å². The molecule has 3 aromatic heterocycles. The molecule has 5 nitrogen and oxygen atoms in total. The molecule has 0 saturated carbocycles. The van der Waals surface area contributed by atoms with Gasteiger partial charge in [0, 0.05) is 28.6 Å². The van der Waals surface area contributed by atoms with E-state index >= 15 is 0 Å². The minimum atomic E-state index is -0.0542. The molecule has 0 bridgehead atoms. The Morgan fingerprint density at radius 3 is 2.04 bits per heavy atom. The minimum Gasteiger partial charge on any atom is -0.458 e. The van der Waals surface area contributed by atoms with Gasteiger partial charge in [-0.3, -0.25) is 13.7 Å². The van der Waals surface area contributed by atoms with Gasteiger partial charge in [-0.15, -0.1) is 0 Å². The van der Waals surface area contributed by atoms with Crippen molar-refractivity contribution in [1.29, 1.82) is 0 Å². The number of nitrogens with zero attached hydrogens (tertiary/aromatic N) is 4. The molecule has 0 spiro atoms. The largest absolute Gasteiger partial charge is 0.458 e. The molecular formula is C52H40N4O.